The van der Waals surface area contributed by atoms with E-state index in [9.17, 15) is 19.1 Å². The van der Waals surface area contributed by atoms with E-state index in [4.69, 9.17) is 9.47 Å². The molecule has 1 aliphatic rings. The summed E-state index contributed by atoms with van der Waals surface area (Å²) in [4.78, 5) is 33.6. The van der Waals surface area contributed by atoms with Gasteiger partial charge in [-0.25, -0.2) is 9.37 Å². The van der Waals surface area contributed by atoms with Crippen LogP contribution in [0.15, 0.2) is 58.1 Å². The van der Waals surface area contributed by atoms with Gasteiger partial charge in [-0.2, -0.15) is 0 Å². The van der Waals surface area contributed by atoms with E-state index in [0.29, 0.717) is 61.5 Å². The van der Waals surface area contributed by atoms with Crippen molar-refractivity contribution >= 4 is 51.3 Å². The Morgan fingerprint density at radius 2 is 1.88 bits per heavy atom. The molecule has 224 valence electrons. The normalized spacial score (nSPS) is 15.0. The number of hydrogen-bond donors (Lipinski definition) is 1. The van der Waals surface area contributed by atoms with Gasteiger partial charge < -0.3 is 14.6 Å². The van der Waals surface area contributed by atoms with Crippen LogP contribution in [0.3, 0.4) is 0 Å². The predicted molar refractivity (Wildman–Crippen MR) is 165 cm³/mol. The number of ketones is 1. The van der Waals surface area contributed by atoms with E-state index in [2.05, 4.69) is 15.2 Å². The quantitative estimate of drug-likeness (QED) is 0.0992. The number of aliphatic hydroxyl groups excluding tert-OH is 1. The van der Waals surface area contributed by atoms with Crippen molar-refractivity contribution in [3.05, 3.63) is 86.3 Å². The van der Waals surface area contributed by atoms with Crippen LogP contribution >= 0.6 is 34.4 Å². The zero-order valence-electron chi connectivity index (χ0n) is 23.9. The van der Waals surface area contributed by atoms with Crippen molar-refractivity contribution in [1.82, 2.24) is 15.2 Å². The van der Waals surface area contributed by atoms with Gasteiger partial charge in [0.1, 0.15) is 5.82 Å². The van der Waals surface area contributed by atoms with Gasteiger partial charge >= 0.3 is 0 Å². The van der Waals surface area contributed by atoms with Crippen molar-refractivity contribution in [1.29, 1.82) is 0 Å². The minimum absolute atomic E-state index is 0.0859. The second-order valence-electron chi connectivity index (χ2n) is 9.53. The first-order chi connectivity index (χ1) is 20.7. The van der Waals surface area contributed by atoms with Crippen LogP contribution in [0.1, 0.15) is 57.8 Å². The average Bonchev–Trinajstić information content (AvgIpc) is 3.67. The second-order valence-corrected chi connectivity index (χ2v) is 12.9. The topological polar surface area (TPSA) is 115 Å². The van der Waals surface area contributed by atoms with Crippen LogP contribution < -0.4 is 14.4 Å². The molecule has 3 heterocycles. The van der Waals surface area contributed by atoms with Gasteiger partial charge in [0.2, 0.25) is 10.9 Å². The van der Waals surface area contributed by atoms with Gasteiger partial charge in [0, 0.05) is 5.75 Å². The monoisotopic (exact) mass is 640 g/mol. The third-order valence-corrected chi connectivity index (χ3v) is 9.69. The number of benzene rings is 2. The summed E-state index contributed by atoms with van der Waals surface area (Å²) in [6.45, 7) is 8.20. The lowest BCUT2D eigenvalue weighted by Crippen LogP contribution is -2.31. The van der Waals surface area contributed by atoms with Gasteiger partial charge in [0.25, 0.3) is 5.91 Å². The smallest absolute Gasteiger partial charge is 0.296 e. The fourth-order valence-corrected chi connectivity index (χ4v) is 7.35. The highest BCUT2D eigenvalue weighted by Gasteiger charge is 2.47. The van der Waals surface area contributed by atoms with Gasteiger partial charge in [-0.1, -0.05) is 54.3 Å². The summed E-state index contributed by atoms with van der Waals surface area (Å²) in [6, 6.07) is 10.6. The summed E-state index contributed by atoms with van der Waals surface area (Å²) in [5.74, 6) is -0.976. The number of aliphatic hydroxyl groups is 1. The summed E-state index contributed by atoms with van der Waals surface area (Å²) in [6.07, 6.45) is 0.801. The predicted octanol–water partition coefficient (Wildman–Crippen LogP) is 7.01. The third-order valence-electron chi connectivity index (χ3n) is 6.52. The first kappa shape index (κ1) is 30.6. The standard InChI is InChI=1S/C30H29FN4O5S3/c1-5-13-40-21-12-11-18(14-22(21)39-6-2)24-23(25(36)27-16(3)32-17(4)42-27)26(37)28(38)35(24)29-33-34-30(43-29)41-15-19-9-7-8-10-20(19)31/h7-12,14,24,37H,5-6,13,15H2,1-4H3. The van der Waals surface area contributed by atoms with E-state index in [0.717, 1.165) is 17.8 Å². The first-order valence-electron chi connectivity index (χ1n) is 13.6. The lowest BCUT2D eigenvalue weighted by Gasteiger charge is -2.25. The molecule has 43 heavy (non-hydrogen) atoms. The molecule has 2 aromatic heterocycles. The van der Waals surface area contributed by atoms with Gasteiger partial charge in [-0.05, 0) is 56.5 Å². The highest BCUT2D eigenvalue weighted by atomic mass is 32.2. The first-order valence-corrected chi connectivity index (χ1v) is 16.2. The Balaban J connectivity index is 1.56. The number of hydrogen-bond acceptors (Lipinski definition) is 11. The maximum atomic E-state index is 14.2. The molecule has 1 N–H and O–H groups in total. The van der Waals surface area contributed by atoms with Crippen molar-refractivity contribution in [2.24, 2.45) is 0 Å². The number of thiazole rings is 1. The molecule has 1 unspecified atom stereocenters. The van der Waals surface area contributed by atoms with Gasteiger partial charge in [-0.3, -0.25) is 14.5 Å². The summed E-state index contributed by atoms with van der Waals surface area (Å²) >= 11 is 3.59. The molecule has 0 saturated carbocycles. The Morgan fingerprint density at radius 1 is 1.09 bits per heavy atom. The molecule has 13 heteroatoms. The highest BCUT2D eigenvalue weighted by molar-refractivity contribution is 8.00. The number of ether oxygens (including phenoxy) is 2. The molecule has 0 spiro atoms. The molecule has 0 bridgehead atoms. The maximum absolute atomic E-state index is 14.2. The Kier molecular flexibility index (Phi) is 9.43. The van der Waals surface area contributed by atoms with E-state index in [-0.39, 0.29) is 16.5 Å². The zero-order valence-corrected chi connectivity index (χ0v) is 26.4. The SMILES string of the molecule is CCCOc1ccc(C2C(C(=O)c3sc(C)nc3C)=C(O)C(=O)N2c2nnc(SCc3ccccc3F)s2)cc1OCC. The Hall–Kier alpha value is -3.81. The molecule has 5 rings (SSSR count). The Morgan fingerprint density at radius 3 is 2.58 bits per heavy atom. The molecule has 1 aliphatic heterocycles. The molecule has 9 nitrogen and oxygen atoms in total. The van der Waals surface area contributed by atoms with Crippen LogP contribution in [0, 0.1) is 19.7 Å². The fraction of sp³-hybridized carbons (Fsp3) is 0.300. The van der Waals surface area contributed by atoms with Crippen molar-refractivity contribution in [3.63, 3.8) is 0 Å². The van der Waals surface area contributed by atoms with Gasteiger partial charge in [0.05, 0.1) is 40.4 Å². The molecular formula is C30H29FN4O5S3. The van der Waals surface area contributed by atoms with Crippen molar-refractivity contribution in [2.45, 2.75) is 50.3 Å². The van der Waals surface area contributed by atoms with Crippen molar-refractivity contribution < 1.29 is 28.6 Å². The third kappa shape index (κ3) is 6.29. The molecule has 1 amide bonds. The fourth-order valence-electron chi connectivity index (χ4n) is 4.62. The zero-order chi connectivity index (χ0) is 30.7. The summed E-state index contributed by atoms with van der Waals surface area (Å²) in [5.41, 5.74) is 1.45. The molecule has 4 aromatic rings. The van der Waals surface area contributed by atoms with Crippen molar-refractivity contribution in [3.8, 4) is 11.5 Å². The number of anilines is 1. The number of rotatable bonds is 12. The number of nitrogens with zero attached hydrogens (tertiary/aromatic N) is 4. The van der Waals surface area contributed by atoms with E-state index in [1.54, 1.807) is 50.2 Å². The number of amides is 1. The summed E-state index contributed by atoms with van der Waals surface area (Å²) in [5, 5.41) is 20.5. The number of thioether (sulfide) groups is 1. The Labute approximate surface area is 260 Å². The van der Waals surface area contributed by atoms with Crippen LogP contribution in [0.2, 0.25) is 0 Å². The van der Waals surface area contributed by atoms with Gasteiger partial charge in [0.15, 0.2) is 21.6 Å². The largest absolute Gasteiger partial charge is 0.503 e. The second kappa shape index (κ2) is 13.2. The minimum atomic E-state index is -1.03. The lowest BCUT2D eigenvalue weighted by molar-refractivity contribution is -0.117. The summed E-state index contributed by atoms with van der Waals surface area (Å²) in [7, 11) is 0. The van der Waals surface area contributed by atoms with Crippen molar-refractivity contribution in [2.75, 3.05) is 18.1 Å². The molecule has 1 atom stereocenters. The van der Waals surface area contributed by atoms with E-state index < -0.39 is 23.5 Å². The van der Waals surface area contributed by atoms with Crippen LogP contribution in [0.4, 0.5) is 9.52 Å². The molecule has 0 fully saturated rings. The number of Topliss-reactive ketones (excluding diaryl/α,β-unsaturated/α-hetero) is 1. The molecule has 2 aromatic carbocycles. The molecule has 0 radical (unpaired) electrons. The number of aryl methyl sites for hydroxylation is 2. The van der Waals surface area contributed by atoms with Crippen LogP contribution in [-0.2, 0) is 10.5 Å². The average molecular weight is 641 g/mol. The van der Waals surface area contributed by atoms with Gasteiger partial charge in [-0.15, -0.1) is 21.5 Å². The number of carbonyl (C=O) groups excluding carboxylic acids is 2. The molecular weight excluding hydrogens is 612 g/mol. The highest BCUT2D eigenvalue weighted by Crippen LogP contribution is 2.46. The van der Waals surface area contributed by atoms with E-state index in [1.165, 1.54) is 34.1 Å². The van der Waals surface area contributed by atoms with E-state index >= 15 is 0 Å². The van der Waals surface area contributed by atoms with Crippen LogP contribution in [0.25, 0.3) is 0 Å². The lowest BCUT2D eigenvalue weighted by atomic mass is 9.95. The molecule has 0 saturated heterocycles. The molecule has 0 aliphatic carbocycles. The van der Waals surface area contributed by atoms with Crippen LogP contribution in [0.5, 0.6) is 11.5 Å². The number of carbonyl (C=O) groups is 2. The summed E-state index contributed by atoms with van der Waals surface area (Å²) < 4.78 is 26.4. The number of aromatic nitrogens is 3. The maximum Gasteiger partial charge on any atom is 0.296 e. The number of halogens is 1. The minimum Gasteiger partial charge on any atom is -0.503 e. The Bertz CT molecular complexity index is 1700. The van der Waals surface area contributed by atoms with E-state index in [1.807, 2.05) is 13.8 Å². The van der Waals surface area contributed by atoms with Crippen LogP contribution in [-0.4, -0.2) is 45.2 Å².